The molecule has 5 heteroatoms. The average molecular weight is 511 g/mol. The maximum Gasteiger partial charge on any atom is 0.306 e. The Hall–Kier alpha value is -3.86. The van der Waals surface area contributed by atoms with Crippen LogP contribution in [0.5, 0.6) is 6.01 Å². The maximum atomic E-state index is 11.2. The Balaban J connectivity index is 1.45. The Bertz CT molecular complexity index is 1250. The van der Waals surface area contributed by atoms with Crippen molar-refractivity contribution in [1.29, 1.82) is 0 Å². The van der Waals surface area contributed by atoms with E-state index in [4.69, 9.17) is 9.72 Å². The maximum absolute atomic E-state index is 11.2. The second-order valence-electron chi connectivity index (χ2n) is 9.70. The van der Waals surface area contributed by atoms with Gasteiger partial charge in [0.15, 0.2) is 0 Å². The Morgan fingerprint density at radius 1 is 0.789 bits per heavy atom. The van der Waals surface area contributed by atoms with Crippen LogP contribution in [-0.2, 0) is 4.79 Å². The third-order valence-electron chi connectivity index (χ3n) is 6.98. The van der Waals surface area contributed by atoms with E-state index in [1.54, 1.807) is 0 Å². The van der Waals surface area contributed by atoms with Crippen LogP contribution in [0, 0.1) is 5.92 Å². The van der Waals surface area contributed by atoms with E-state index in [1.807, 2.05) is 49.4 Å². The summed E-state index contributed by atoms with van der Waals surface area (Å²) in [6, 6.07) is 31.5. The number of imidazole rings is 1. The van der Waals surface area contributed by atoms with Gasteiger partial charge in [-0.1, -0.05) is 118 Å². The minimum absolute atomic E-state index is 0.196. The van der Waals surface area contributed by atoms with Gasteiger partial charge in [-0.15, -0.1) is 0 Å². The van der Waals surface area contributed by atoms with Crippen molar-refractivity contribution >= 4 is 5.97 Å². The molecule has 1 N–H and O–H groups in total. The number of aliphatic carboxylic acids is 1. The topological polar surface area (TPSA) is 64.4 Å². The Morgan fingerprint density at radius 3 is 1.95 bits per heavy atom. The number of carboxylic acids is 1. The molecule has 4 aromatic rings. The Labute approximate surface area is 226 Å². The molecule has 0 saturated carbocycles. The molecule has 3 aromatic carbocycles. The number of unbranched alkanes of at least 4 members (excludes halogenated alkanes) is 5. The van der Waals surface area contributed by atoms with Crippen molar-refractivity contribution in [3.63, 3.8) is 0 Å². The van der Waals surface area contributed by atoms with Crippen LogP contribution in [0.3, 0.4) is 0 Å². The first kappa shape index (κ1) is 27.2. The molecule has 38 heavy (non-hydrogen) atoms. The van der Waals surface area contributed by atoms with E-state index < -0.39 is 5.97 Å². The third kappa shape index (κ3) is 7.12. The lowest BCUT2D eigenvalue weighted by Gasteiger charge is -2.13. The summed E-state index contributed by atoms with van der Waals surface area (Å²) < 4.78 is 8.47. The number of carboxylic acid groups (broad SMARTS) is 1. The molecule has 0 aliphatic rings. The van der Waals surface area contributed by atoms with Gasteiger partial charge in [0.05, 0.1) is 23.9 Å². The van der Waals surface area contributed by atoms with Crippen molar-refractivity contribution in [2.45, 2.75) is 58.3 Å². The third-order valence-corrected chi connectivity index (χ3v) is 6.98. The summed E-state index contributed by atoms with van der Waals surface area (Å²) in [5, 5.41) is 9.19. The van der Waals surface area contributed by atoms with Crippen molar-refractivity contribution in [2.24, 2.45) is 5.92 Å². The van der Waals surface area contributed by atoms with Crippen molar-refractivity contribution in [2.75, 3.05) is 6.61 Å². The van der Waals surface area contributed by atoms with Crippen LogP contribution in [0.2, 0.25) is 0 Å². The summed E-state index contributed by atoms with van der Waals surface area (Å²) in [7, 11) is 0. The van der Waals surface area contributed by atoms with E-state index in [0.29, 0.717) is 19.0 Å². The van der Waals surface area contributed by atoms with E-state index in [9.17, 15) is 9.90 Å². The average Bonchev–Trinajstić information content (AvgIpc) is 3.35. The molecule has 0 aliphatic heterocycles. The number of hydrogen-bond donors (Lipinski definition) is 1. The Morgan fingerprint density at radius 2 is 1.34 bits per heavy atom. The number of rotatable bonds is 15. The van der Waals surface area contributed by atoms with Crippen molar-refractivity contribution in [3.8, 4) is 34.2 Å². The predicted molar refractivity (Wildman–Crippen MR) is 154 cm³/mol. The number of hydrogen-bond acceptors (Lipinski definition) is 3. The van der Waals surface area contributed by atoms with E-state index in [0.717, 1.165) is 73.1 Å². The molecule has 1 heterocycles. The van der Waals surface area contributed by atoms with Gasteiger partial charge in [0.25, 0.3) is 0 Å². The number of para-hydroxylation sites is 1. The summed E-state index contributed by atoms with van der Waals surface area (Å²) in [5.41, 5.74) is 5.08. The van der Waals surface area contributed by atoms with Gasteiger partial charge in [0.1, 0.15) is 5.69 Å². The predicted octanol–water partition coefficient (Wildman–Crippen LogP) is 8.43. The monoisotopic (exact) mass is 510 g/mol. The Kier molecular flexibility index (Phi) is 10.1. The van der Waals surface area contributed by atoms with Gasteiger partial charge in [-0.05, 0) is 31.4 Å². The molecule has 198 valence electrons. The molecular weight excluding hydrogens is 472 g/mol. The van der Waals surface area contributed by atoms with Crippen molar-refractivity contribution in [1.82, 2.24) is 9.55 Å². The minimum atomic E-state index is -0.663. The fourth-order valence-electron chi connectivity index (χ4n) is 4.84. The van der Waals surface area contributed by atoms with E-state index in [-0.39, 0.29) is 5.92 Å². The second kappa shape index (κ2) is 14.2. The highest BCUT2D eigenvalue weighted by Gasteiger charge is 2.22. The van der Waals surface area contributed by atoms with Gasteiger partial charge >= 0.3 is 12.0 Å². The van der Waals surface area contributed by atoms with Gasteiger partial charge in [-0.2, -0.15) is 4.98 Å². The van der Waals surface area contributed by atoms with Crippen LogP contribution in [0.4, 0.5) is 0 Å². The van der Waals surface area contributed by atoms with Crippen LogP contribution in [0.1, 0.15) is 58.3 Å². The number of benzene rings is 3. The van der Waals surface area contributed by atoms with Crippen molar-refractivity contribution < 1.29 is 14.6 Å². The molecule has 0 bridgehead atoms. The van der Waals surface area contributed by atoms with Gasteiger partial charge in [-0.25, -0.2) is 0 Å². The lowest BCUT2D eigenvalue weighted by molar-refractivity contribution is -0.142. The molecule has 1 aromatic heterocycles. The fraction of sp³-hybridized carbons (Fsp3) is 0.333. The van der Waals surface area contributed by atoms with Gasteiger partial charge in [0, 0.05) is 11.1 Å². The molecule has 0 amide bonds. The minimum Gasteiger partial charge on any atom is -0.481 e. The molecule has 0 spiro atoms. The first-order chi connectivity index (χ1) is 18.7. The number of aromatic nitrogens is 2. The zero-order valence-corrected chi connectivity index (χ0v) is 22.3. The smallest absolute Gasteiger partial charge is 0.306 e. The SMILES string of the molecule is CCC(CCCCCCCCOc1nc(-c2ccccc2)c(-c2ccccc2)n1-c1ccccc1)C(=O)O. The molecule has 4 rings (SSSR count). The lowest BCUT2D eigenvalue weighted by atomic mass is 9.98. The largest absolute Gasteiger partial charge is 0.481 e. The zero-order chi connectivity index (χ0) is 26.6. The highest BCUT2D eigenvalue weighted by molar-refractivity contribution is 5.81. The molecule has 1 atom stereocenters. The summed E-state index contributed by atoms with van der Waals surface area (Å²) in [5.74, 6) is -0.859. The normalized spacial score (nSPS) is 11.8. The quantitative estimate of drug-likeness (QED) is 0.163. The van der Waals surface area contributed by atoms with E-state index in [1.165, 1.54) is 0 Å². The van der Waals surface area contributed by atoms with Gasteiger partial charge < -0.3 is 9.84 Å². The highest BCUT2D eigenvalue weighted by atomic mass is 16.5. The zero-order valence-electron chi connectivity index (χ0n) is 22.3. The molecule has 5 nitrogen and oxygen atoms in total. The molecule has 0 fully saturated rings. The van der Waals surface area contributed by atoms with Gasteiger partial charge in [-0.3, -0.25) is 9.36 Å². The molecular formula is C33H38N2O3. The van der Waals surface area contributed by atoms with Crippen LogP contribution in [-0.4, -0.2) is 27.2 Å². The summed E-state index contributed by atoms with van der Waals surface area (Å²) >= 11 is 0. The van der Waals surface area contributed by atoms with Crippen LogP contribution >= 0.6 is 0 Å². The molecule has 0 saturated heterocycles. The first-order valence-corrected chi connectivity index (χ1v) is 13.8. The second-order valence-corrected chi connectivity index (χ2v) is 9.70. The van der Waals surface area contributed by atoms with E-state index in [2.05, 4.69) is 53.1 Å². The summed E-state index contributed by atoms with van der Waals surface area (Å²) in [6.07, 6.45) is 7.86. The number of nitrogens with zero attached hydrogens (tertiary/aromatic N) is 2. The van der Waals surface area contributed by atoms with Crippen molar-refractivity contribution in [3.05, 3.63) is 91.0 Å². The number of ether oxygens (including phenoxy) is 1. The van der Waals surface area contributed by atoms with Crippen LogP contribution < -0.4 is 4.74 Å². The fourth-order valence-corrected chi connectivity index (χ4v) is 4.84. The summed E-state index contributed by atoms with van der Waals surface area (Å²) in [4.78, 5) is 16.2. The lowest BCUT2D eigenvalue weighted by Crippen LogP contribution is -2.12. The molecule has 1 unspecified atom stereocenters. The highest BCUT2D eigenvalue weighted by Crippen LogP contribution is 2.37. The van der Waals surface area contributed by atoms with Crippen LogP contribution in [0.25, 0.3) is 28.2 Å². The standard InChI is InChI=1S/C33H38N2O3/c1-2-26(32(36)37)18-10-5-3-4-6-17-25-38-33-34-30(27-19-11-7-12-20-27)31(28-21-13-8-14-22-28)35(33)29-23-15-9-16-24-29/h7-9,11-16,19-24,26H,2-6,10,17-18,25H2,1H3,(H,36,37). The first-order valence-electron chi connectivity index (χ1n) is 13.8. The molecule has 0 aliphatic carbocycles. The van der Waals surface area contributed by atoms with Crippen LogP contribution in [0.15, 0.2) is 91.0 Å². The molecule has 0 radical (unpaired) electrons. The summed E-state index contributed by atoms with van der Waals surface area (Å²) in [6.45, 7) is 2.55. The number of carbonyl (C=O) groups is 1. The van der Waals surface area contributed by atoms with E-state index >= 15 is 0 Å². The van der Waals surface area contributed by atoms with Gasteiger partial charge in [0.2, 0.25) is 0 Å².